The molecule has 1 aromatic carbocycles. The fraction of sp³-hybridized carbons (Fsp3) is 0.588. The zero-order valence-electron chi connectivity index (χ0n) is 13.3. The summed E-state index contributed by atoms with van der Waals surface area (Å²) in [5, 5.41) is 3.46. The minimum atomic E-state index is 0. The van der Waals surface area contributed by atoms with Crippen LogP contribution in [-0.2, 0) is 0 Å². The van der Waals surface area contributed by atoms with Gasteiger partial charge in [0, 0.05) is 44.8 Å². The molecule has 0 aliphatic carbocycles. The second kappa shape index (κ2) is 7.44. The van der Waals surface area contributed by atoms with Crippen molar-refractivity contribution >= 4 is 18.3 Å². The molecule has 1 atom stereocenters. The molecular formula is C17H26ClN3O. The van der Waals surface area contributed by atoms with Crippen LogP contribution in [0.5, 0.6) is 0 Å². The van der Waals surface area contributed by atoms with E-state index in [0.29, 0.717) is 5.41 Å². The lowest BCUT2D eigenvalue weighted by molar-refractivity contribution is 0.0581. The van der Waals surface area contributed by atoms with Gasteiger partial charge in [0.2, 0.25) is 0 Å². The van der Waals surface area contributed by atoms with Crippen LogP contribution in [0.25, 0.3) is 0 Å². The fourth-order valence-corrected chi connectivity index (χ4v) is 3.42. The highest BCUT2D eigenvalue weighted by Gasteiger charge is 2.32. The minimum absolute atomic E-state index is 0. The van der Waals surface area contributed by atoms with E-state index in [0.717, 1.165) is 51.4 Å². The third kappa shape index (κ3) is 4.00. The quantitative estimate of drug-likeness (QED) is 0.922. The first kappa shape index (κ1) is 17.3. The topological polar surface area (TPSA) is 35.6 Å². The van der Waals surface area contributed by atoms with Crippen molar-refractivity contribution in [1.29, 1.82) is 0 Å². The molecule has 2 fully saturated rings. The standard InChI is InChI=1S/C17H25N3O.ClH/c1-17(7-8-18-13-17)14-19-9-11-20(12-10-19)16(21)15-5-3-2-4-6-15;/h2-6,18H,7-14H2,1H3;1H. The molecule has 1 unspecified atom stereocenters. The summed E-state index contributed by atoms with van der Waals surface area (Å²) in [5.74, 6) is 0.170. The van der Waals surface area contributed by atoms with Gasteiger partial charge >= 0.3 is 0 Å². The van der Waals surface area contributed by atoms with Crippen LogP contribution in [0.2, 0.25) is 0 Å². The summed E-state index contributed by atoms with van der Waals surface area (Å²) in [6.45, 7) is 9.46. The van der Waals surface area contributed by atoms with Gasteiger partial charge in [0.15, 0.2) is 0 Å². The summed E-state index contributed by atoms with van der Waals surface area (Å²) in [5.41, 5.74) is 1.21. The Labute approximate surface area is 139 Å². The number of carbonyl (C=O) groups is 1. The van der Waals surface area contributed by atoms with E-state index in [1.54, 1.807) is 0 Å². The molecule has 2 aliphatic heterocycles. The highest BCUT2D eigenvalue weighted by molar-refractivity contribution is 5.94. The molecule has 0 spiro atoms. The van der Waals surface area contributed by atoms with Gasteiger partial charge in [-0.25, -0.2) is 0 Å². The molecule has 0 radical (unpaired) electrons. The van der Waals surface area contributed by atoms with Gasteiger partial charge in [-0.15, -0.1) is 12.4 Å². The van der Waals surface area contributed by atoms with E-state index in [9.17, 15) is 4.79 Å². The normalized spacial score (nSPS) is 25.8. The Bertz CT molecular complexity index is 480. The second-order valence-electron chi connectivity index (χ2n) is 6.67. The maximum Gasteiger partial charge on any atom is 0.253 e. The molecule has 5 heteroatoms. The number of rotatable bonds is 3. The molecule has 4 nitrogen and oxygen atoms in total. The maximum absolute atomic E-state index is 12.4. The summed E-state index contributed by atoms with van der Waals surface area (Å²) in [4.78, 5) is 16.9. The van der Waals surface area contributed by atoms with Gasteiger partial charge in [-0.2, -0.15) is 0 Å². The molecule has 2 saturated heterocycles. The Kier molecular flexibility index (Phi) is 5.84. The van der Waals surface area contributed by atoms with Crippen LogP contribution in [0.3, 0.4) is 0 Å². The first-order chi connectivity index (χ1) is 10.2. The van der Waals surface area contributed by atoms with E-state index < -0.39 is 0 Å². The van der Waals surface area contributed by atoms with Crippen molar-refractivity contribution in [2.24, 2.45) is 5.41 Å². The molecule has 2 heterocycles. The molecule has 2 aliphatic rings. The molecule has 1 N–H and O–H groups in total. The van der Waals surface area contributed by atoms with Gasteiger partial charge in [-0.1, -0.05) is 25.1 Å². The van der Waals surface area contributed by atoms with E-state index in [-0.39, 0.29) is 18.3 Å². The number of hydrogen-bond acceptors (Lipinski definition) is 3. The SMILES string of the molecule is CC1(CN2CCN(C(=O)c3ccccc3)CC2)CCNC1.Cl. The van der Waals surface area contributed by atoms with Crippen LogP contribution >= 0.6 is 12.4 Å². The number of benzene rings is 1. The van der Waals surface area contributed by atoms with Gasteiger partial charge in [-0.3, -0.25) is 9.69 Å². The van der Waals surface area contributed by atoms with E-state index in [1.807, 2.05) is 35.2 Å². The summed E-state index contributed by atoms with van der Waals surface area (Å²) >= 11 is 0. The number of carbonyl (C=O) groups excluding carboxylic acids is 1. The third-order valence-electron chi connectivity index (χ3n) is 4.74. The van der Waals surface area contributed by atoms with Crippen molar-refractivity contribution in [2.75, 3.05) is 45.8 Å². The number of piperazine rings is 1. The van der Waals surface area contributed by atoms with Gasteiger partial charge in [0.1, 0.15) is 0 Å². The van der Waals surface area contributed by atoms with Gasteiger partial charge in [-0.05, 0) is 30.5 Å². The molecule has 0 bridgehead atoms. The van der Waals surface area contributed by atoms with E-state index in [1.165, 1.54) is 6.42 Å². The number of nitrogens with one attached hydrogen (secondary N) is 1. The smallest absolute Gasteiger partial charge is 0.253 e. The molecule has 22 heavy (non-hydrogen) atoms. The molecule has 122 valence electrons. The lowest BCUT2D eigenvalue weighted by Crippen LogP contribution is -2.51. The van der Waals surface area contributed by atoms with Gasteiger partial charge in [0.05, 0.1) is 0 Å². The fourth-order valence-electron chi connectivity index (χ4n) is 3.42. The molecule has 3 rings (SSSR count). The Hall–Kier alpha value is -1.10. The van der Waals surface area contributed by atoms with Crippen LogP contribution in [0.4, 0.5) is 0 Å². The maximum atomic E-state index is 12.4. The average Bonchev–Trinajstić information content (AvgIpc) is 2.94. The highest BCUT2D eigenvalue weighted by Crippen LogP contribution is 2.26. The monoisotopic (exact) mass is 323 g/mol. The molecular weight excluding hydrogens is 298 g/mol. The molecule has 1 amide bonds. The van der Waals surface area contributed by atoms with Crippen molar-refractivity contribution in [3.63, 3.8) is 0 Å². The predicted molar refractivity (Wildman–Crippen MR) is 91.6 cm³/mol. The molecule has 1 aromatic rings. The number of amides is 1. The Morgan fingerprint density at radius 1 is 1.18 bits per heavy atom. The van der Waals surface area contributed by atoms with Crippen LogP contribution in [0.15, 0.2) is 30.3 Å². The first-order valence-electron chi connectivity index (χ1n) is 7.94. The minimum Gasteiger partial charge on any atom is -0.336 e. The summed E-state index contributed by atoms with van der Waals surface area (Å²) in [7, 11) is 0. The van der Waals surface area contributed by atoms with Crippen molar-refractivity contribution in [1.82, 2.24) is 15.1 Å². The zero-order chi connectivity index (χ0) is 14.7. The Balaban J connectivity index is 0.00000176. The zero-order valence-corrected chi connectivity index (χ0v) is 14.1. The van der Waals surface area contributed by atoms with Crippen LogP contribution in [-0.4, -0.2) is 61.5 Å². The average molecular weight is 324 g/mol. The van der Waals surface area contributed by atoms with Crippen molar-refractivity contribution in [3.8, 4) is 0 Å². The summed E-state index contributed by atoms with van der Waals surface area (Å²) in [6.07, 6.45) is 1.26. The first-order valence-corrected chi connectivity index (χ1v) is 7.94. The largest absolute Gasteiger partial charge is 0.336 e. The number of halogens is 1. The van der Waals surface area contributed by atoms with Crippen molar-refractivity contribution in [3.05, 3.63) is 35.9 Å². The van der Waals surface area contributed by atoms with Crippen LogP contribution < -0.4 is 5.32 Å². The number of nitrogens with zero attached hydrogens (tertiary/aromatic N) is 2. The number of hydrogen-bond donors (Lipinski definition) is 1. The Morgan fingerprint density at radius 3 is 2.45 bits per heavy atom. The van der Waals surface area contributed by atoms with E-state index in [2.05, 4.69) is 17.1 Å². The Morgan fingerprint density at radius 2 is 1.86 bits per heavy atom. The molecule has 0 aromatic heterocycles. The van der Waals surface area contributed by atoms with E-state index >= 15 is 0 Å². The lowest BCUT2D eigenvalue weighted by atomic mass is 9.89. The summed E-state index contributed by atoms with van der Waals surface area (Å²) < 4.78 is 0. The van der Waals surface area contributed by atoms with Crippen LogP contribution in [0, 0.1) is 5.41 Å². The summed E-state index contributed by atoms with van der Waals surface area (Å²) in [6, 6.07) is 9.61. The second-order valence-corrected chi connectivity index (χ2v) is 6.67. The van der Waals surface area contributed by atoms with Crippen molar-refractivity contribution in [2.45, 2.75) is 13.3 Å². The van der Waals surface area contributed by atoms with Gasteiger partial charge in [0.25, 0.3) is 5.91 Å². The predicted octanol–water partition coefficient (Wildman–Crippen LogP) is 1.87. The lowest BCUT2D eigenvalue weighted by Gasteiger charge is -2.38. The van der Waals surface area contributed by atoms with E-state index in [4.69, 9.17) is 0 Å². The molecule has 0 saturated carbocycles. The third-order valence-corrected chi connectivity index (χ3v) is 4.74. The van der Waals surface area contributed by atoms with Crippen molar-refractivity contribution < 1.29 is 4.79 Å². The van der Waals surface area contributed by atoms with Crippen LogP contribution in [0.1, 0.15) is 23.7 Å². The highest BCUT2D eigenvalue weighted by atomic mass is 35.5. The van der Waals surface area contributed by atoms with Gasteiger partial charge < -0.3 is 10.2 Å².